The first-order chi connectivity index (χ1) is 17.3. The standard InChI is InChI=1S/C27H25N5O3S/c1-16-5-7-19(8-6-16)29-24(33)14-21-15-36-27-28-18(3)25(26(34)31(21)27)23-13-17(2)32(30-23)20-9-11-22(35-4)12-10-20/h5-13,15H,14H2,1-4H3,(H,29,33). The second kappa shape index (κ2) is 9.43. The summed E-state index contributed by atoms with van der Waals surface area (Å²) in [5.74, 6) is 0.552. The quantitative estimate of drug-likeness (QED) is 0.365. The summed E-state index contributed by atoms with van der Waals surface area (Å²) >= 11 is 1.34. The number of nitrogens with one attached hydrogen (secondary N) is 1. The first-order valence-corrected chi connectivity index (χ1v) is 12.3. The van der Waals surface area contributed by atoms with E-state index in [1.807, 2.05) is 80.7 Å². The Morgan fingerprint density at radius 3 is 2.47 bits per heavy atom. The third-order valence-corrected chi connectivity index (χ3v) is 6.83. The van der Waals surface area contributed by atoms with Gasteiger partial charge in [-0.2, -0.15) is 5.10 Å². The average Bonchev–Trinajstić information content (AvgIpc) is 3.43. The largest absolute Gasteiger partial charge is 0.497 e. The molecule has 1 N–H and O–H groups in total. The maximum absolute atomic E-state index is 13.7. The van der Waals surface area contributed by atoms with Gasteiger partial charge in [-0.1, -0.05) is 17.7 Å². The summed E-state index contributed by atoms with van der Waals surface area (Å²) in [6.45, 7) is 5.73. The van der Waals surface area contributed by atoms with Gasteiger partial charge in [-0.15, -0.1) is 11.3 Å². The van der Waals surface area contributed by atoms with Crippen LogP contribution in [0.4, 0.5) is 5.69 Å². The number of rotatable bonds is 6. The van der Waals surface area contributed by atoms with Gasteiger partial charge in [-0.3, -0.25) is 14.0 Å². The fourth-order valence-corrected chi connectivity index (χ4v) is 5.04. The zero-order valence-electron chi connectivity index (χ0n) is 20.4. The average molecular weight is 500 g/mol. The fourth-order valence-electron chi connectivity index (χ4n) is 4.11. The Hall–Kier alpha value is -4.24. The molecule has 0 atom stereocenters. The molecule has 3 aromatic heterocycles. The van der Waals surface area contributed by atoms with Crippen LogP contribution in [0.25, 0.3) is 21.9 Å². The fraction of sp³-hybridized carbons (Fsp3) is 0.185. The number of anilines is 1. The third kappa shape index (κ3) is 4.40. The van der Waals surface area contributed by atoms with Crippen molar-refractivity contribution in [2.24, 2.45) is 0 Å². The van der Waals surface area contributed by atoms with Crippen LogP contribution in [0.2, 0.25) is 0 Å². The van der Waals surface area contributed by atoms with E-state index in [4.69, 9.17) is 9.84 Å². The van der Waals surface area contributed by atoms with Crippen LogP contribution in [-0.4, -0.2) is 32.2 Å². The lowest BCUT2D eigenvalue weighted by Crippen LogP contribution is -2.22. The van der Waals surface area contributed by atoms with Gasteiger partial charge in [-0.05, 0) is 63.2 Å². The van der Waals surface area contributed by atoms with Gasteiger partial charge in [0.1, 0.15) is 11.4 Å². The van der Waals surface area contributed by atoms with Gasteiger partial charge in [0.05, 0.1) is 30.5 Å². The van der Waals surface area contributed by atoms with E-state index in [2.05, 4.69) is 10.3 Å². The predicted octanol–water partition coefficient (Wildman–Crippen LogP) is 4.72. The van der Waals surface area contributed by atoms with Crippen LogP contribution in [0, 0.1) is 20.8 Å². The lowest BCUT2D eigenvalue weighted by atomic mass is 10.1. The number of benzene rings is 2. The Morgan fingerprint density at radius 2 is 1.78 bits per heavy atom. The van der Waals surface area contributed by atoms with Crippen LogP contribution in [0.5, 0.6) is 5.75 Å². The van der Waals surface area contributed by atoms with E-state index in [0.29, 0.717) is 33.3 Å². The maximum Gasteiger partial charge on any atom is 0.268 e. The molecular formula is C27H25N5O3S. The zero-order valence-corrected chi connectivity index (χ0v) is 21.2. The number of amides is 1. The van der Waals surface area contributed by atoms with Gasteiger partial charge in [-0.25, -0.2) is 9.67 Å². The van der Waals surface area contributed by atoms with Crippen LogP contribution in [-0.2, 0) is 11.2 Å². The highest BCUT2D eigenvalue weighted by Gasteiger charge is 2.20. The monoisotopic (exact) mass is 499 g/mol. The smallest absolute Gasteiger partial charge is 0.268 e. The van der Waals surface area contributed by atoms with E-state index < -0.39 is 0 Å². The second-order valence-electron chi connectivity index (χ2n) is 8.59. The minimum atomic E-state index is -0.240. The van der Waals surface area contributed by atoms with Gasteiger partial charge < -0.3 is 10.1 Å². The van der Waals surface area contributed by atoms with E-state index in [-0.39, 0.29) is 17.9 Å². The molecule has 0 saturated carbocycles. The Kier molecular flexibility index (Phi) is 6.15. The molecule has 0 aliphatic carbocycles. The number of aromatic nitrogens is 4. The summed E-state index contributed by atoms with van der Waals surface area (Å²) in [4.78, 5) is 31.6. The summed E-state index contributed by atoms with van der Waals surface area (Å²) in [5, 5.41) is 9.42. The number of carbonyl (C=O) groups excluding carboxylic acids is 1. The molecule has 182 valence electrons. The number of hydrogen-bond donors (Lipinski definition) is 1. The van der Waals surface area contributed by atoms with Gasteiger partial charge >= 0.3 is 0 Å². The minimum Gasteiger partial charge on any atom is -0.497 e. The lowest BCUT2D eigenvalue weighted by molar-refractivity contribution is -0.115. The molecule has 2 aromatic carbocycles. The number of nitrogens with zero attached hydrogens (tertiary/aromatic N) is 4. The molecule has 0 aliphatic rings. The van der Waals surface area contributed by atoms with Crippen molar-refractivity contribution in [3.63, 3.8) is 0 Å². The SMILES string of the molecule is COc1ccc(-n2nc(-c3c(C)nc4scc(CC(=O)Nc5ccc(C)cc5)n4c3=O)cc2C)cc1. The molecule has 0 fully saturated rings. The number of fused-ring (bicyclic) bond motifs is 1. The van der Waals surface area contributed by atoms with E-state index in [1.54, 1.807) is 11.8 Å². The van der Waals surface area contributed by atoms with Crippen molar-refractivity contribution in [3.8, 4) is 22.7 Å². The molecule has 0 unspecified atom stereocenters. The number of hydrogen-bond acceptors (Lipinski definition) is 6. The van der Waals surface area contributed by atoms with E-state index in [9.17, 15) is 9.59 Å². The molecular weight excluding hydrogens is 474 g/mol. The predicted molar refractivity (Wildman–Crippen MR) is 141 cm³/mol. The first kappa shape index (κ1) is 23.5. The van der Waals surface area contributed by atoms with Crippen molar-refractivity contribution >= 4 is 27.9 Å². The van der Waals surface area contributed by atoms with Gasteiger partial charge in [0.2, 0.25) is 5.91 Å². The Balaban J connectivity index is 1.50. The minimum absolute atomic E-state index is 0.0529. The molecule has 3 heterocycles. The van der Waals surface area contributed by atoms with Crippen LogP contribution < -0.4 is 15.6 Å². The molecule has 1 amide bonds. The van der Waals surface area contributed by atoms with Crippen LogP contribution >= 0.6 is 11.3 Å². The zero-order chi connectivity index (χ0) is 25.4. The number of carbonyl (C=O) groups is 1. The molecule has 0 saturated heterocycles. The van der Waals surface area contributed by atoms with Crippen LogP contribution in [0.15, 0.2) is 64.8 Å². The molecule has 0 radical (unpaired) electrons. The molecule has 36 heavy (non-hydrogen) atoms. The topological polar surface area (TPSA) is 90.5 Å². The maximum atomic E-state index is 13.7. The van der Waals surface area contributed by atoms with Crippen molar-refractivity contribution in [2.75, 3.05) is 12.4 Å². The Bertz CT molecular complexity index is 1630. The van der Waals surface area contributed by atoms with E-state index in [1.165, 1.54) is 15.7 Å². The highest BCUT2D eigenvalue weighted by molar-refractivity contribution is 7.15. The summed E-state index contributed by atoms with van der Waals surface area (Å²) in [6.07, 6.45) is 0.0529. The summed E-state index contributed by atoms with van der Waals surface area (Å²) in [5.41, 5.74) is 5.46. The van der Waals surface area contributed by atoms with Crippen molar-refractivity contribution < 1.29 is 9.53 Å². The second-order valence-corrected chi connectivity index (χ2v) is 9.43. The van der Waals surface area contributed by atoms with Crippen molar-refractivity contribution in [2.45, 2.75) is 27.2 Å². The number of ether oxygens (including phenoxy) is 1. The van der Waals surface area contributed by atoms with Crippen LogP contribution in [0.3, 0.4) is 0 Å². The van der Waals surface area contributed by atoms with Crippen molar-refractivity contribution in [1.82, 2.24) is 19.2 Å². The molecule has 5 aromatic rings. The number of methoxy groups -OCH3 is 1. The Morgan fingerprint density at radius 1 is 1.06 bits per heavy atom. The van der Waals surface area contributed by atoms with E-state index >= 15 is 0 Å². The summed E-state index contributed by atoms with van der Waals surface area (Å²) < 4.78 is 8.54. The summed E-state index contributed by atoms with van der Waals surface area (Å²) in [7, 11) is 1.62. The molecule has 0 aliphatic heterocycles. The highest BCUT2D eigenvalue weighted by atomic mass is 32.1. The Labute approximate surface area is 211 Å². The van der Waals surface area contributed by atoms with Crippen molar-refractivity contribution in [3.05, 3.63) is 93.0 Å². The number of aryl methyl sites for hydroxylation is 3. The molecule has 5 rings (SSSR count). The summed E-state index contributed by atoms with van der Waals surface area (Å²) in [6, 6.07) is 17.0. The van der Waals surface area contributed by atoms with Crippen molar-refractivity contribution in [1.29, 1.82) is 0 Å². The molecule has 0 spiro atoms. The number of thiazole rings is 1. The third-order valence-electron chi connectivity index (χ3n) is 5.96. The lowest BCUT2D eigenvalue weighted by Gasteiger charge is -2.08. The highest BCUT2D eigenvalue weighted by Crippen LogP contribution is 2.24. The van der Waals surface area contributed by atoms with Gasteiger partial charge in [0.15, 0.2) is 4.96 Å². The first-order valence-electron chi connectivity index (χ1n) is 11.4. The van der Waals surface area contributed by atoms with Gasteiger partial charge in [0, 0.05) is 22.5 Å². The molecule has 8 nitrogen and oxygen atoms in total. The van der Waals surface area contributed by atoms with Gasteiger partial charge in [0.25, 0.3) is 5.56 Å². The van der Waals surface area contributed by atoms with E-state index in [0.717, 1.165) is 22.7 Å². The molecule has 9 heteroatoms. The van der Waals surface area contributed by atoms with Crippen LogP contribution in [0.1, 0.15) is 22.6 Å². The normalized spacial score (nSPS) is 11.1. The molecule has 0 bridgehead atoms.